The van der Waals surface area contributed by atoms with Gasteiger partial charge in [0.2, 0.25) is 15.9 Å². The lowest BCUT2D eigenvalue weighted by molar-refractivity contribution is -0.121. The van der Waals surface area contributed by atoms with E-state index in [0.29, 0.717) is 32.0 Å². The molecule has 3 heterocycles. The zero-order valence-corrected chi connectivity index (χ0v) is 19.9. The minimum absolute atomic E-state index is 0.127. The summed E-state index contributed by atoms with van der Waals surface area (Å²) in [5.74, 6) is -0.127. The van der Waals surface area contributed by atoms with Crippen LogP contribution in [0.1, 0.15) is 11.8 Å². The lowest BCUT2D eigenvalue weighted by Crippen LogP contribution is -2.52. The van der Waals surface area contributed by atoms with E-state index in [1.807, 2.05) is 6.92 Å². The third-order valence-corrected chi connectivity index (χ3v) is 8.76. The standard InChI is InChI=1S/C22H30N4O4S2/c1-18(25-9-7-24(8-10-25)17-20-5-3-15-31-20)22(27)23-19-4-2-6-21(16-19)32(28,29)26-11-13-30-14-12-26/h2-6,15-16,18H,7-14,17H2,1H3,(H,23,27). The highest BCUT2D eigenvalue weighted by Gasteiger charge is 2.28. The van der Waals surface area contributed by atoms with Crippen LogP contribution >= 0.6 is 11.3 Å². The van der Waals surface area contributed by atoms with Crippen LogP contribution in [0.25, 0.3) is 0 Å². The van der Waals surface area contributed by atoms with Crippen molar-refractivity contribution in [2.45, 2.75) is 24.4 Å². The van der Waals surface area contributed by atoms with Crippen LogP contribution < -0.4 is 5.32 Å². The number of hydrogen-bond donors (Lipinski definition) is 1. The number of sulfonamides is 1. The quantitative estimate of drug-likeness (QED) is 0.655. The molecular formula is C22H30N4O4S2. The number of anilines is 1. The molecule has 10 heteroatoms. The lowest BCUT2D eigenvalue weighted by atomic mass is 10.2. The summed E-state index contributed by atoms with van der Waals surface area (Å²) >= 11 is 1.77. The van der Waals surface area contributed by atoms with E-state index in [1.165, 1.54) is 15.2 Å². The van der Waals surface area contributed by atoms with Gasteiger partial charge in [0.05, 0.1) is 24.2 Å². The maximum atomic E-state index is 12.9. The smallest absolute Gasteiger partial charge is 0.243 e. The zero-order valence-electron chi connectivity index (χ0n) is 18.3. The molecule has 2 aliphatic rings. The Balaban J connectivity index is 1.33. The number of hydrogen-bond acceptors (Lipinski definition) is 7. The molecule has 32 heavy (non-hydrogen) atoms. The highest BCUT2D eigenvalue weighted by molar-refractivity contribution is 7.89. The van der Waals surface area contributed by atoms with Crippen molar-refractivity contribution in [2.75, 3.05) is 57.8 Å². The van der Waals surface area contributed by atoms with Gasteiger partial charge in [0.15, 0.2) is 0 Å². The SMILES string of the molecule is CC(C(=O)Nc1cccc(S(=O)(=O)N2CCOCC2)c1)N1CCN(Cc2cccs2)CC1. The molecule has 1 amide bonds. The molecule has 0 aliphatic carbocycles. The second-order valence-corrected chi connectivity index (χ2v) is 11.1. The Labute approximate surface area is 193 Å². The van der Waals surface area contributed by atoms with E-state index in [4.69, 9.17) is 4.74 Å². The van der Waals surface area contributed by atoms with Gasteiger partial charge in [-0.2, -0.15) is 4.31 Å². The molecule has 174 valence electrons. The third-order valence-electron chi connectivity index (χ3n) is 6.00. The summed E-state index contributed by atoms with van der Waals surface area (Å²) in [6.07, 6.45) is 0. The van der Waals surface area contributed by atoms with Gasteiger partial charge in [-0.05, 0) is 36.6 Å². The summed E-state index contributed by atoms with van der Waals surface area (Å²) in [5, 5.41) is 5.00. The summed E-state index contributed by atoms with van der Waals surface area (Å²) in [4.78, 5) is 19.0. The molecule has 2 aliphatic heterocycles. The number of nitrogens with one attached hydrogen (secondary N) is 1. The van der Waals surface area contributed by atoms with Gasteiger partial charge in [-0.15, -0.1) is 11.3 Å². The second-order valence-electron chi connectivity index (χ2n) is 8.10. The van der Waals surface area contributed by atoms with E-state index >= 15 is 0 Å². The highest BCUT2D eigenvalue weighted by Crippen LogP contribution is 2.21. The van der Waals surface area contributed by atoms with Crippen molar-refractivity contribution in [3.05, 3.63) is 46.7 Å². The van der Waals surface area contributed by atoms with Crippen LogP contribution in [0.4, 0.5) is 5.69 Å². The fourth-order valence-electron chi connectivity index (χ4n) is 4.01. The third kappa shape index (κ3) is 5.56. The van der Waals surface area contributed by atoms with E-state index in [0.717, 1.165) is 32.7 Å². The number of morpholine rings is 1. The highest BCUT2D eigenvalue weighted by atomic mass is 32.2. The maximum Gasteiger partial charge on any atom is 0.243 e. The van der Waals surface area contributed by atoms with Gasteiger partial charge in [-0.25, -0.2) is 8.42 Å². The first-order valence-corrected chi connectivity index (χ1v) is 13.2. The van der Waals surface area contributed by atoms with Crippen molar-refractivity contribution in [3.63, 3.8) is 0 Å². The van der Waals surface area contributed by atoms with Crippen LogP contribution in [0.5, 0.6) is 0 Å². The molecule has 0 radical (unpaired) electrons. The molecule has 1 N–H and O–H groups in total. The van der Waals surface area contributed by atoms with E-state index in [1.54, 1.807) is 29.5 Å². The van der Waals surface area contributed by atoms with Crippen LogP contribution in [0.2, 0.25) is 0 Å². The number of carbonyl (C=O) groups is 1. The van der Waals surface area contributed by atoms with Crippen molar-refractivity contribution in [3.8, 4) is 0 Å². The van der Waals surface area contributed by atoms with Crippen molar-refractivity contribution >= 4 is 33.0 Å². The first-order chi connectivity index (χ1) is 15.4. The first-order valence-electron chi connectivity index (χ1n) is 10.9. The summed E-state index contributed by atoms with van der Waals surface area (Å²) < 4.78 is 32.5. The van der Waals surface area contributed by atoms with E-state index in [-0.39, 0.29) is 16.8 Å². The van der Waals surface area contributed by atoms with Crippen LogP contribution in [-0.4, -0.2) is 87.0 Å². The molecule has 1 unspecified atom stereocenters. The maximum absolute atomic E-state index is 12.9. The molecule has 1 aromatic carbocycles. The summed E-state index contributed by atoms with van der Waals surface area (Å²) in [5.41, 5.74) is 0.493. The predicted octanol–water partition coefficient (Wildman–Crippen LogP) is 1.91. The van der Waals surface area contributed by atoms with Gasteiger partial charge >= 0.3 is 0 Å². The van der Waals surface area contributed by atoms with Gasteiger partial charge in [0.25, 0.3) is 0 Å². The molecule has 0 spiro atoms. The minimum atomic E-state index is -3.60. The summed E-state index contributed by atoms with van der Waals surface area (Å²) in [6.45, 7) is 7.82. The van der Waals surface area contributed by atoms with Crippen LogP contribution in [0.3, 0.4) is 0 Å². The van der Waals surface area contributed by atoms with Gasteiger partial charge < -0.3 is 10.1 Å². The minimum Gasteiger partial charge on any atom is -0.379 e. The number of piperazine rings is 1. The van der Waals surface area contributed by atoms with E-state index in [9.17, 15) is 13.2 Å². The molecule has 2 aromatic rings. The average molecular weight is 479 g/mol. The second kappa shape index (κ2) is 10.4. The Bertz CT molecular complexity index is 999. The number of ether oxygens (including phenoxy) is 1. The van der Waals surface area contributed by atoms with Gasteiger partial charge in [0.1, 0.15) is 0 Å². The fraction of sp³-hybridized carbons (Fsp3) is 0.500. The van der Waals surface area contributed by atoms with Crippen LogP contribution in [-0.2, 0) is 26.1 Å². The van der Waals surface area contributed by atoms with Crippen molar-refractivity contribution in [1.29, 1.82) is 0 Å². The van der Waals surface area contributed by atoms with Crippen LogP contribution in [0, 0.1) is 0 Å². The number of thiophene rings is 1. The Morgan fingerprint density at radius 3 is 2.53 bits per heavy atom. The Morgan fingerprint density at radius 1 is 1.09 bits per heavy atom. The zero-order chi connectivity index (χ0) is 22.6. The topological polar surface area (TPSA) is 82.2 Å². The Kier molecular flexibility index (Phi) is 7.59. The van der Waals surface area contributed by atoms with Crippen molar-refractivity contribution in [2.24, 2.45) is 0 Å². The number of benzene rings is 1. The molecule has 8 nitrogen and oxygen atoms in total. The number of carbonyl (C=O) groups excluding carboxylic acids is 1. The molecule has 0 bridgehead atoms. The number of nitrogens with zero attached hydrogens (tertiary/aromatic N) is 3. The Hall–Kier alpha value is -1.82. The fourth-order valence-corrected chi connectivity index (χ4v) is 6.22. The number of amides is 1. The summed E-state index contributed by atoms with van der Waals surface area (Å²) in [7, 11) is -3.60. The first kappa shape index (κ1) is 23.3. The molecular weight excluding hydrogens is 448 g/mol. The molecule has 0 saturated carbocycles. The van der Waals surface area contributed by atoms with E-state index in [2.05, 4.69) is 32.6 Å². The average Bonchev–Trinajstić information content (AvgIpc) is 3.33. The summed E-state index contributed by atoms with van der Waals surface area (Å²) in [6, 6.07) is 10.4. The Morgan fingerprint density at radius 2 is 1.84 bits per heavy atom. The predicted molar refractivity (Wildman–Crippen MR) is 125 cm³/mol. The molecule has 1 atom stereocenters. The number of rotatable bonds is 7. The lowest BCUT2D eigenvalue weighted by Gasteiger charge is -2.37. The molecule has 2 saturated heterocycles. The van der Waals surface area contributed by atoms with Crippen molar-refractivity contribution < 1.29 is 17.9 Å². The van der Waals surface area contributed by atoms with Crippen molar-refractivity contribution in [1.82, 2.24) is 14.1 Å². The molecule has 2 fully saturated rings. The normalized spacial score (nSPS) is 20.2. The molecule has 4 rings (SSSR count). The van der Waals surface area contributed by atoms with Gasteiger partial charge in [0, 0.05) is 56.4 Å². The van der Waals surface area contributed by atoms with Gasteiger partial charge in [-0.1, -0.05) is 12.1 Å². The van der Waals surface area contributed by atoms with Gasteiger partial charge in [-0.3, -0.25) is 14.6 Å². The monoisotopic (exact) mass is 478 g/mol. The van der Waals surface area contributed by atoms with Crippen LogP contribution in [0.15, 0.2) is 46.7 Å². The van der Waals surface area contributed by atoms with E-state index < -0.39 is 10.0 Å². The molecule has 1 aromatic heterocycles. The largest absolute Gasteiger partial charge is 0.379 e.